The molecular formula is C23H27NO2SSi. The molecule has 0 unspecified atom stereocenters. The number of benzene rings is 3. The van der Waals surface area contributed by atoms with E-state index in [1.54, 1.807) is 12.1 Å². The predicted molar refractivity (Wildman–Crippen MR) is 119 cm³/mol. The Balaban J connectivity index is 2.06. The molecule has 0 aromatic heterocycles. The molecule has 0 saturated heterocycles. The van der Waals surface area contributed by atoms with E-state index in [4.69, 9.17) is 0 Å². The Morgan fingerprint density at radius 3 is 1.79 bits per heavy atom. The maximum absolute atomic E-state index is 13.2. The first-order chi connectivity index (χ1) is 13.2. The van der Waals surface area contributed by atoms with Gasteiger partial charge < -0.3 is 0 Å². The summed E-state index contributed by atoms with van der Waals surface area (Å²) in [7, 11) is -5.85. The molecule has 3 aromatic carbocycles. The molecule has 3 aromatic rings. The highest BCUT2D eigenvalue weighted by molar-refractivity contribution is 7.89. The molecule has 3 nitrogen and oxygen atoms in total. The molecule has 0 bridgehead atoms. The van der Waals surface area contributed by atoms with Crippen molar-refractivity contribution in [2.24, 2.45) is 0 Å². The summed E-state index contributed by atoms with van der Waals surface area (Å²) in [6.45, 7) is 8.41. The third kappa shape index (κ3) is 4.43. The van der Waals surface area contributed by atoms with Gasteiger partial charge in [0.1, 0.15) is 8.07 Å². The molecule has 0 aliphatic carbocycles. The molecular weight excluding hydrogens is 382 g/mol. The molecule has 0 heterocycles. The van der Waals surface area contributed by atoms with Crippen LogP contribution in [0.4, 0.5) is 0 Å². The fourth-order valence-corrected chi connectivity index (χ4v) is 8.50. The maximum Gasteiger partial charge on any atom is 0.240 e. The minimum absolute atomic E-state index is 0.276. The highest BCUT2D eigenvalue weighted by Crippen LogP contribution is 2.27. The fourth-order valence-electron chi connectivity index (χ4n) is 3.37. The van der Waals surface area contributed by atoms with Crippen molar-refractivity contribution >= 4 is 23.3 Å². The maximum atomic E-state index is 13.2. The zero-order valence-electron chi connectivity index (χ0n) is 16.8. The first kappa shape index (κ1) is 20.5. The van der Waals surface area contributed by atoms with Crippen molar-refractivity contribution in [3.63, 3.8) is 0 Å². The third-order valence-corrected chi connectivity index (χ3v) is 10.6. The summed E-state index contributed by atoms with van der Waals surface area (Å²) < 4.78 is 29.4. The Bertz CT molecular complexity index is 1030. The van der Waals surface area contributed by atoms with Crippen LogP contribution in [-0.4, -0.2) is 16.5 Å². The number of nitrogens with one attached hydrogen (secondary N) is 1. The smallest absolute Gasteiger partial charge is 0.207 e. The van der Waals surface area contributed by atoms with Gasteiger partial charge in [-0.3, -0.25) is 0 Å². The molecule has 0 amide bonds. The highest BCUT2D eigenvalue weighted by Gasteiger charge is 2.37. The lowest BCUT2D eigenvalue weighted by atomic mass is 10.1. The molecule has 0 aliphatic heterocycles. The van der Waals surface area contributed by atoms with Crippen LogP contribution in [0, 0.1) is 13.8 Å². The van der Waals surface area contributed by atoms with Crippen LogP contribution in [0.5, 0.6) is 0 Å². The van der Waals surface area contributed by atoms with Gasteiger partial charge >= 0.3 is 0 Å². The van der Waals surface area contributed by atoms with Crippen molar-refractivity contribution in [3.05, 3.63) is 95.6 Å². The molecule has 5 heteroatoms. The summed E-state index contributed by atoms with van der Waals surface area (Å²) >= 11 is 0. The lowest BCUT2D eigenvalue weighted by Crippen LogP contribution is -2.54. The van der Waals surface area contributed by atoms with Crippen molar-refractivity contribution in [1.29, 1.82) is 0 Å². The monoisotopic (exact) mass is 409 g/mol. The van der Waals surface area contributed by atoms with Gasteiger partial charge in [-0.05, 0) is 31.5 Å². The van der Waals surface area contributed by atoms with Crippen LogP contribution in [0.1, 0.15) is 22.4 Å². The number of hydrogen-bond acceptors (Lipinski definition) is 2. The second kappa shape index (κ2) is 8.03. The van der Waals surface area contributed by atoms with E-state index in [9.17, 15) is 8.42 Å². The second-order valence-corrected chi connectivity index (χ2v) is 14.2. The van der Waals surface area contributed by atoms with Crippen molar-refractivity contribution in [2.75, 3.05) is 0 Å². The third-order valence-electron chi connectivity index (χ3n) is 5.25. The standard InChI is InChI=1S/C23H27NO2SSi/c1-18-10-14-20(15-11-18)23(28(3,4)22-8-6-5-7-9-22)24-27(25,26)21-16-12-19(2)13-17-21/h5-17,23-24H,1-4H3/t23-/m1/s1. The first-order valence-electron chi connectivity index (χ1n) is 9.41. The Morgan fingerprint density at radius 1 is 0.750 bits per heavy atom. The summed E-state index contributed by atoms with van der Waals surface area (Å²) in [5.41, 5.74) is 2.92. The Morgan fingerprint density at radius 2 is 1.25 bits per heavy atom. The molecule has 0 radical (unpaired) electrons. The van der Waals surface area contributed by atoms with Gasteiger partial charge in [-0.15, -0.1) is 0 Å². The summed E-state index contributed by atoms with van der Waals surface area (Å²) in [4.78, 5) is 0.299. The highest BCUT2D eigenvalue weighted by atomic mass is 32.2. The summed E-state index contributed by atoms with van der Waals surface area (Å²) in [5.74, 6) is 0. The molecule has 0 saturated carbocycles. The largest absolute Gasteiger partial charge is 0.240 e. The van der Waals surface area contributed by atoms with E-state index in [-0.39, 0.29) is 5.67 Å². The molecule has 146 valence electrons. The molecule has 28 heavy (non-hydrogen) atoms. The Kier molecular flexibility index (Phi) is 5.89. The van der Waals surface area contributed by atoms with Crippen LogP contribution in [0.2, 0.25) is 13.1 Å². The zero-order chi connectivity index (χ0) is 20.4. The average Bonchev–Trinajstić information content (AvgIpc) is 2.68. The minimum Gasteiger partial charge on any atom is -0.207 e. The van der Waals surface area contributed by atoms with E-state index in [0.717, 1.165) is 16.7 Å². The molecule has 0 fully saturated rings. The van der Waals surface area contributed by atoms with Crippen molar-refractivity contribution in [3.8, 4) is 0 Å². The van der Waals surface area contributed by atoms with E-state index < -0.39 is 18.1 Å². The van der Waals surface area contributed by atoms with Gasteiger partial charge in [0.2, 0.25) is 10.0 Å². The van der Waals surface area contributed by atoms with Gasteiger partial charge in [0.05, 0.1) is 4.90 Å². The van der Waals surface area contributed by atoms with Gasteiger partial charge in [0.25, 0.3) is 0 Å². The van der Waals surface area contributed by atoms with Crippen molar-refractivity contribution < 1.29 is 8.42 Å². The lowest BCUT2D eigenvalue weighted by molar-refractivity contribution is 0.577. The molecule has 1 atom stereocenters. The van der Waals surface area contributed by atoms with Gasteiger partial charge in [-0.2, -0.15) is 0 Å². The average molecular weight is 410 g/mol. The number of aryl methyl sites for hydroxylation is 2. The minimum atomic E-state index is -3.64. The van der Waals surface area contributed by atoms with Crippen LogP contribution in [0.15, 0.2) is 83.8 Å². The second-order valence-electron chi connectivity index (χ2n) is 7.87. The predicted octanol–water partition coefficient (Wildman–Crippen LogP) is 4.48. The van der Waals surface area contributed by atoms with Crippen LogP contribution in [0.3, 0.4) is 0 Å². The lowest BCUT2D eigenvalue weighted by Gasteiger charge is -2.34. The molecule has 1 N–H and O–H groups in total. The van der Waals surface area contributed by atoms with E-state index >= 15 is 0 Å². The Hall–Kier alpha value is -2.21. The molecule has 0 aliphatic rings. The zero-order valence-corrected chi connectivity index (χ0v) is 18.6. The van der Waals surface area contributed by atoms with Crippen LogP contribution < -0.4 is 9.91 Å². The summed E-state index contributed by atoms with van der Waals surface area (Å²) in [5, 5.41) is 1.21. The molecule has 0 spiro atoms. The van der Waals surface area contributed by atoms with Gasteiger partial charge in [-0.1, -0.05) is 96.1 Å². The van der Waals surface area contributed by atoms with Gasteiger partial charge in [-0.25, -0.2) is 13.1 Å². The fraction of sp³-hybridized carbons (Fsp3) is 0.217. The van der Waals surface area contributed by atoms with Gasteiger partial charge in [0, 0.05) is 5.67 Å². The van der Waals surface area contributed by atoms with Gasteiger partial charge in [0.15, 0.2) is 0 Å². The van der Waals surface area contributed by atoms with Crippen LogP contribution >= 0.6 is 0 Å². The van der Waals surface area contributed by atoms with Crippen molar-refractivity contribution in [1.82, 2.24) is 4.72 Å². The SMILES string of the molecule is Cc1ccc([C@H](NS(=O)(=O)c2ccc(C)cc2)[Si](C)(C)c2ccccc2)cc1. The van der Waals surface area contributed by atoms with E-state index in [2.05, 4.69) is 29.9 Å². The van der Waals surface area contributed by atoms with Crippen molar-refractivity contribution in [2.45, 2.75) is 37.5 Å². The van der Waals surface area contributed by atoms with Crippen LogP contribution in [-0.2, 0) is 10.0 Å². The first-order valence-corrected chi connectivity index (χ1v) is 14.0. The quantitative estimate of drug-likeness (QED) is 0.610. The van der Waals surface area contributed by atoms with Crippen LogP contribution in [0.25, 0.3) is 0 Å². The summed E-state index contributed by atoms with van der Waals surface area (Å²) in [6.07, 6.45) is 0. The van der Waals surface area contributed by atoms with E-state index in [0.29, 0.717) is 4.90 Å². The number of rotatable bonds is 6. The normalized spacial score (nSPS) is 13.3. The summed E-state index contributed by atoms with van der Waals surface area (Å²) in [6, 6.07) is 25.4. The number of hydrogen-bond donors (Lipinski definition) is 1. The topological polar surface area (TPSA) is 46.2 Å². The van der Waals surface area contributed by atoms with E-state index in [1.165, 1.54) is 5.19 Å². The van der Waals surface area contributed by atoms with E-state index in [1.807, 2.05) is 68.4 Å². The molecule has 3 rings (SSSR count). The Labute approximate surface area is 169 Å². The number of sulfonamides is 1.